The van der Waals surface area contributed by atoms with Crippen LogP contribution in [0.2, 0.25) is 5.15 Å². The first-order valence-electron chi connectivity index (χ1n) is 5.52. The topological polar surface area (TPSA) is 70.1 Å². The minimum atomic E-state index is -0.856. The number of Topliss-reactive ketones (excluding diaryl/α,β-unsaturated/α-hetero) is 1. The molecule has 0 amide bonds. The van der Waals surface area contributed by atoms with E-state index in [1.54, 1.807) is 11.7 Å². The quantitative estimate of drug-likeness (QED) is 0.861. The van der Waals surface area contributed by atoms with E-state index in [1.165, 1.54) is 0 Å². The molecule has 2 rings (SSSR count). The highest BCUT2D eigenvalue weighted by atomic mass is 35.5. The summed E-state index contributed by atoms with van der Waals surface area (Å²) in [6.07, 6.45) is 0.793. The summed E-state index contributed by atoms with van der Waals surface area (Å²) < 4.78 is 6.75. The zero-order valence-corrected chi connectivity index (χ0v) is 10.8. The maximum absolute atomic E-state index is 12.1. The first-order chi connectivity index (χ1) is 7.94. The molecule has 1 aliphatic heterocycles. The lowest BCUT2D eigenvalue weighted by atomic mass is 9.90. The van der Waals surface area contributed by atoms with Gasteiger partial charge < -0.3 is 10.5 Å². The molecule has 2 N–H and O–H groups in total. The Labute approximate surface area is 105 Å². The van der Waals surface area contributed by atoms with Gasteiger partial charge in [-0.15, -0.1) is 0 Å². The highest BCUT2D eigenvalue weighted by molar-refractivity contribution is 6.30. The Bertz CT molecular complexity index is 450. The predicted octanol–water partition coefficient (Wildman–Crippen LogP) is 0.611. The van der Waals surface area contributed by atoms with Gasteiger partial charge in [-0.3, -0.25) is 9.48 Å². The zero-order valence-electron chi connectivity index (χ0n) is 9.99. The van der Waals surface area contributed by atoms with Gasteiger partial charge in [-0.2, -0.15) is 5.10 Å². The number of halogens is 1. The van der Waals surface area contributed by atoms with Crippen LogP contribution in [0, 0.1) is 6.92 Å². The predicted molar refractivity (Wildman–Crippen MR) is 64.0 cm³/mol. The van der Waals surface area contributed by atoms with Crippen LogP contribution in [0.1, 0.15) is 17.7 Å². The van der Waals surface area contributed by atoms with Crippen molar-refractivity contribution in [3.05, 3.63) is 16.4 Å². The number of hydrogen-bond acceptors (Lipinski definition) is 4. The molecule has 5 nitrogen and oxygen atoms in total. The summed E-state index contributed by atoms with van der Waals surface area (Å²) in [6, 6.07) is 0. The van der Waals surface area contributed by atoms with Gasteiger partial charge in [0.2, 0.25) is 0 Å². The molecule has 0 spiro atoms. The Balaban J connectivity index is 2.18. The highest BCUT2D eigenvalue weighted by Gasteiger charge is 2.38. The summed E-state index contributed by atoms with van der Waals surface area (Å²) in [5.74, 6) is -0.0343. The molecule has 0 aromatic carbocycles. The van der Waals surface area contributed by atoms with Crippen LogP contribution in [0.15, 0.2) is 0 Å². The first kappa shape index (κ1) is 12.5. The van der Waals surface area contributed by atoms with Crippen LogP contribution in [0.25, 0.3) is 0 Å². The van der Waals surface area contributed by atoms with E-state index in [-0.39, 0.29) is 12.2 Å². The lowest BCUT2D eigenvalue weighted by molar-refractivity contribution is -0.123. The normalized spacial score (nSPS) is 24.2. The number of ketones is 1. The van der Waals surface area contributed by atoms with Crippen molar-refractivity contribution in [3.8, 4) is 0 Å². The molecule has 1 aliphatic rings. The molecule has 1 aromatic rings. The van der Waals surface area contributed by atoms with Crippen LogP contribution in [0.5, 0.6) is 0 Å². The molecule has 0 saturated carbocycles. The monoisotopic (exact) mass is 257 g/mol. The molecule has 1 atom stereocenters. The summed E-state index contributed by atoms with van der Waals surface area (Å²) in [6.45, 7) is 2.67. The third-order valence-corrected chi connectivity index (χ3v) is 3.69. The maximum Gasteiger partial charge on any atom is 0.159 e. The largest absolute Gasteiger partial charge is 0.379 e. The fourth-order valence-electron chi connectivity index (χ4n) is 2.01. The van der Waals surface area contributed by atoms with Crippen LogP contribution < -0.4 is 5.73 Å². The number of nitrogens with two attached hydrogens (primary N) is 1. The second kappa shape index (κ2) is 4.40. The van der Waals surface area contributed by atoms with Crippen LogP contribution in [-0.2, 0) is 23.0 Å². The summed E-state index contributed by atoms with van der Waals surface area (Å²) in [5.41, 5.74) is 6.69. The first-order valence-corrected chi connectivity index (χ1v) is 5.90. The lowest BCUT2D eigenvalue weighted by Gasteiger charge is -2.19. The van der Waals surface area contributed by atoms with Crippen molar-refractivity contribution in [3.63, 3.8) is 0 Å². The standard InChI is InChI=1S/C11H16ClN3O2/c1-7-8(10(12)15(2)14-7)5-9(16)11(13)3-4-17-6-11/h3-6,13H2,1-2H3. The molecule has 1 aromatic heterocycles. The van der Waals surface area contributed by atoms with Crippen LogP contribution in [0.4, 0.5) is 0 Å². The summed E-state index contributed by atoms with van der Waals surface area (Å²) >= 11 is 6.09. The molecule has 0 bridgehead atoms. The van der Waals surface area contributed by atoms with Crippen LogP contribution >= 0.6 is 11.6 Å². The van der Waals surface area contributed by atoms with Gasteiger partial charge in [0.25, 0.3) is 0 Å². The highest BCUT2D eigenvalue weighted by Crippen LogP contribution is 2.24. The van der Waals surface area contributed by atoms with Crippen molar-refractivity contribution in [2.75, 3.05) is 13.2 Å². The molecule has 6 heteroatoms. The van der Waals surface area contributed by atoms with Crippen LogP contribution in [-0.4, -0.2) is 34.3 Å². The summed E-state index contributed by atoms with van der Waals surface area (Å²) in [5, 5.41) is 4.67. The van der Waals surface area contributed by atoms with Gasteiger partial charge in [0.1, 0.15) is 10.7 Å². The lowest BCUT2D eigenvalue weighted by Crippen LogP contribution is -2.49. The van der Waals surface area contributed by atoms with Gasteiger partial charge in [-0.1, -0.05) is 11.6 Å². The second-order valence-corrected chi connectivity index (χ2v) is 4.90. The molecule has 94 valence electrons. The number of ether oxygens (including phenoxy) is 1. The number of carbonyl (C=O) groups excluding carboxylic acids is 1. The molecule has 17 heavy (non-hydrogen) atoms. The SMILES string of the molecule is Cc1nn(C)c(Cl)c1CC(=O)C1(N)CCOC1. The molecule has 2 heterocycles. The summed E-state index contributed by atoms with van der Waals surface area (Å²) in [7, 11) is 1.75. The minimum Gasteiger partial charge on any atom is -0.379 e. The van der Waals surface area contributed by atoms with E-state index >= 15 is 0 Å². The Kier molecular flexibility index (Phi) is 3.25. The van der Waals surface area contributed by atoms with Gasteiger partial charge in [0.15, 0.2) is 5.78 Å². The number of hydrogen-bond donors (Lipinski definition) is 1. The van der Waals surface area contributed by atoms with Crippen molar-refractivity contribution in [2.45, 2.75) is 25.3 Å². The van der Waals surface area contributed by atoms with E-state index < -0.39 is 5.54 Å². The van der Waals surface area contributed by atoms with Gasteiger partial charge >= 0.3 is 0 Å². The van der Waals surface area contributed by atoms with Crippen molar-refractivity contribution >= 4 is 17.4 Å². The van der Waals surface area contributed by atoms with Gasteiger partial charge in [0, 0.05) is 25.6 Å². The Morgan fingerprint density at radius 2 is 2.41 bits per heavy atom. The van der Waals surface area contributed by atoms with Crippen molar-refractivity contribution in [1.82, 2.24) is 9.78 Å². The van der Waals surface area contributed by atoms with Crippen molar-refractivity contribution in [1.29, 1.82) is 0 Å². The molecule has 1 unspecified atom stereocenters. The van der Waals surface area contributed by atoms with E-state index in [9.17, 15) is 4.79 Å². The zero-order chi connectivity index (χ0) is 12.6. The Morgan fingerprint density at radius 1 is 1.71 bits per heavy atom. The molecule has 1 fully saturated rings. The Hall–Kier alpha value is -0.910. The summed E-state index contributed by atoms with van der Waals surface area (Å²) in [4.78, 5) is 12.1. The minimum absolute atomic E-state index is 0.0343. The van der Waals surface area contributed by atoms with E-state index in [0.29, 0.717) is 24.8 Å². The third kappa shape index (κ3) is 2.22. The smallest absolute Gasteiger partial charge is 0.159 e. The van der Waals surface area contributed by atoms with Crippen molar-refractivity contribution in [2.24, 2.45) is 12.8 Å². The van der Waals surface area contributed by atoms with Gasteiger partial charge in [-0.25, -0.2) is 0 Å². The number of carbonyl (C=O) groups is 1. The van der Waals surface area contributed by atoms with E-state index in [2.05, 4.69) is 5.10 Å². The number of rotatable bonds is 3. The average molecular weight is 258 g/mol. The number of aromatic nitrogens is 2. The molecule has 0 radical (unpaired) electrons. The van der Waals surface area contributed by atoms with Gasteiger partial charge in [-0.05, 0) is 13.3 Å². The molecule has 1 saturated heterocycles. The van der Waals surface area contributed by atoms with Gasteiger partial charge in [0.05, 0.1) is 12.3 Å². The van der Waals surface area contributed by atoms with E-state index in [1.807, 2.05) is 6.92 Å². The second-order valence-electron chi connectivity index (χ2n) is 4.54. The third-order valence-electron chi connectivity index (χ3n) is 3.21. The van der Waals surface area contributed by atoms with E-state index in [4.69, 9.17) is 22.1 Å². The van der Waals surface area contributed by atoms with Crippen molar-refractivity contribution < 1.29 is 9.53 Å². The molecule has 0 aliphatic carbocycles. The molecular formula is C11H16ClN3O2. The number of nitrogens with zero attached hydrogens (tertiary/aromatic N) is 2. The maximum atomic E-state index is 12.1. The van der Waals surface area contributed by atoms with E-state index in [0.717, 1.165) is 11.3 Å². The fourth-order valence-corrected chi connectivity index (χ4v) is 2.25. The van der Waals surface area contributed by atoms with Crippen LogP contribution in [0.3, 0.4) is 0 Å². The Morgan fingerprint density at radius 3 is 2.88 bits per heavy atom. The fraction of sp³-hybridized carbons (Fsp3) is 0.636. The number of aryl methyl sites for hydroxylation is 2. The molecular weight excluding hydrogens is 242 g/mol. The average Bonchev–Trinajstić information content (AvgIpc) is 2.80.